The molecule has 0 aromatic heterocycles. The SMILES string of the molecule is CCCNCCCNCCCC(=O)OCc1ccccc1. The fraction of sp³-hybridized carbons (Fsp3) is 0.588. The van der Waals surface area contributed by atoms with Crippen LogP contribution in [0.5, 0.6) is 0 Å². The zero-order valence-electron chi connectivity index (χ0n) is 13.1. The van der Waals surface area contributed by atoms with Crippen molar-refractivity contribution >= 4 is 5.97 Å². The number of carbonyl (C=O) groups is 1. The van der Waals surface area contributed by atoms with Crippen LogP contribution in [0.3, 0.4) is 0 Å². The molecule has 1 aromatic carbocycles. The summed E-state index contributed by atoms with van der Waals surface area (Å²) in [4.78, 5) is 11.6. The monoisotopic (exact) mass is 292 g/mol. The molecule has 0 bridgehead atoms. The standard InChI is InChI=1S/C17H28N2O2/c1-2-11-18-13-7-14-19-12-6-10-17(20)21-15-16-8-4-3-5-9-16/h3-5,8-9,18-19H,2,6-7,10-15H2,1H3. The summed E-state index contributed by atoms with van der Waals surface area (Å²) in [7, 11) is 0. The van der Waals surface area contributed by atoms with Crippen molar-refractivity contribution in [2.75, 3.05) is 26.2 Å². The quantitative estimate of drug-likeness (QED) is 0.459. The molecule has 0 aliphatic rings. The first-order valence-corrected chi connectivity index (χ1v) is 7.94. The number of hydrogen-bond donors (Lipinski definition) is 2. The highest BCUT2D eigenvalue weighted by atomic mass is 16.5. The first-order valence-electron chi connectivity index (χ1n) is 7.94. The summed E-state index contributed by atoms with van der Waals surface area (Å²) in [6.07, 6.45) is 3.61. The molecule has 0 aliphatic carbocycles. The lowest BCUT2D eigenvalue weighted by Crippen LogP contribution is -2.23. The minimum absolute atomic E-state index is 0.120. The van der Waals surface area contributed by atoms with Gasteiger partial charge in [0.1, 0.15) is 6.61 Å². The Morgan fingerprint density at radius 1 is 1.00 bits per heavy atom. The van der Waals surface area contributed by atoms with Gasteiger partial charge in [-0.1, -0.05) is 37.3 Å². The average molecular weight is 292 g/mol. The van der Waals surface area contributed by atoms with Crippen LogP contribution in [0.2, 0.25) is 0 Å². The Balaban J connectivity index is 1.89. The maximum Gasteiger partial charge on any atom is 0.306 e. The maximum atomic E-state index is 11.6. The Kier molecular flexibility index (Phi) is 10.4. The van der Waals surface area contributed by atoms with E-state index in [0.29, 0.717) is 13.0 Å². The van der Waals surface area contributed by atoms with Crippen molar-refractivity contribution in [1.29, 1.82) is 0 Å². The van der Waals surface area contributed by atoms with E-state index in [1.54, 1.807) is 0 Å². The van der Waals surface area contributed by atoms with Gasteiger partial charge in [0, 0.05) is 6.42 Å². The number of rotatable bonds is 12. The van der Waals surface area contributed by atoms with Crippen molar-refractivity contribution in [3.63, 3.8) is 0 Å². The Labute approximate surface area is 128 Å². The zero-order valence-corrected chi connectivity index (χ0v) is 13.1. The molecule has 0 unspecified atom stereocenters. The van der Waals surface area contributed by atoms with E-state index in [4.69, 9.17) is 4.74 Å². The van der Waals surface area contributed by atoms with Crippen LogP contribution in [0, 0.1) is 0 Å². The molecule has 1 rings (SSSR count). The molecule has 0 radical (unpaired) electrons. The smallest absolute Gasteiger partial charge is 0.306 e. The van der Waals surface area contributed by atoms with E-state index in [9.17, 15) is 4.79 Å². The molecule has 4 nitrogen and oxygen atoms in total. The first kappa shape index (κ1) is 17.7. The Hall–Kier alpha value is -1.39. The van der Waals surface area contributed by atoms with E-state index in [1.807, 2.05) is 30.3 Å². The van der Waals surface area contributed by atoms with Gasteiger partial charge in [0.2, 0.25) is 0 Å². The highest BCUT2D eigenvalue weighted by Gasteiger charge is 2.02. The second-order valence-corrected chi connectivity index (χ2v) is 5.10. The van der Waals surface area contributed by atoms with E-state index in [2.05, 4.69) is 17.6 Å². The summed E-state index contributed by atoms with van der Waals surface area (Å²) in [6.45, 7) is 6.55. The van der Waals surface area contributed by atoms with Crippen molar-refractivity contribution in [3.8, 4) is 0 Å². The van der Waals surface area contributed by atoms with Gasteiger partial charge in [0.15, 0.2) is 0 Å². The van der Waals surface area contributed by atoms with Gasteiger partial charge in [-0.25, -0.2) is 0 Å². The van der Waals surface area contributed by atoms with Gasteiger partial charge in [-0.15, -0.1) is 0 Å². The fourth-order valence-corrected chi connectivity index (χ4v) is 1.93. The van der Waals surface area contributed by atoms with Crippen LogP contribution in [-0.2, 0) is 16.1 Å². The van der Waals surface area contributed by atoms with E-state index in [0.717, 1.165) is 44.6 Å². The van der Waals surface area contributed by atoms with Crippen LogP contribution in [0.1, 0.15) is 38.2 Å². The molecular weight excluding hydrogens is 264 g/mol. The molecule has 0 saturated heterocycles. The summed E-state index contributed by atoms with van der Waals surface area (Å²) >= 11 is 0. The number of carbonyl (C=O) groups excluding carboxylic acids is 1. The summed E-state index contributed by atoms with van der Waals surface area (Å²) in [6, 6.07) is 9.77. The highest BCUT2D eigenvalue weighted by Crippen LogP contribution is 2.02. The fourth-order valence-electron chi connectivity index (χ4n) is 1.93. The highest BCUT2D eigenvalue weighted by molar-refractivity contribution is 5.69. The molecule has 0 saturated carbocycles. The largest absolute Gasteiger partial charge is 0.461 e. The normalized spacial score (nSPS) is 10.5. The average Bonchev–Trinajstić information content (AvgIpc) is 2.52. The third-order valence-corrected chi connectivity index (χ3v) is 3.11. The lowest BCUT2D eigenvalue weighted by Gasteiger charge is -2.06. The molecule has 21 heavy (non-hydrogen) atoms. The molecule has 0 fully saturated rings. The number of ether oxygens (including phenoxy) is 1. The third-order valence-electron chi connectivity index (χ3n) is 3.11. The predicted octanol–water partition coefficient (Wildman–Crippen LogP) is 2.49. The molecule has 0 spiro atoms. The lowest BCUT2D eigenvalue weighted by atomic mass is 10.2. The number of esters is 1. The van der Waals surface area contributed by atoms with Crippen molar-refractivity contribution in [2.45, 2.75) is 39.2 Å². The summed E-state index contributed by atoms with van der Waals surface area (Å²) in [5.74, 6) is -0.120. The molecule has 2 N–H and O–H groups in total. The van der Waals surface area contributed by atoms with Gasteiger partial charge in [-0.3, -0.25) is 4.79 Å². The molecule has 0 amide bonds. The van der Waals surface area contributed by atoms with Crippen molar-refractivity contribution in [2.24, 2.45) is 0 Å². The molecule has 0 aliphatic heterocycles. The minimum Gasteiger partial charge on any atom is -0.461 e. The van der Waals surface area contributed by atoms with Crippen LogP contribution in [0.15, 0.2) is 30.3 Å². The summed E-state index contributed by atoms with van der Waals surface area (Å²) in [5, 5.41) is 6.71. The van der Waals surface area contributed by atoms with Gasteiger partial charge >= 0.3 is 5.97 Å². The maximum absolute atomic E-state index is 11.6. The zero-order chi connectivity index (χ0) is 15.2. The molecule has 0 heterocycles. The minimum atomic E-state index is -0.120. The van der Waals surface area contributed by atoms with Gasteiger partial charge < -0.3 is 15.4 Å². The summed E-state index contributed by atoms with van der Waals surface area (Å²) < 4.78 is 5.22. The number of nitrogens with one attached hydrogen (secondary N) is 2. The second kappa shape index (κ2) is 12.4. The molecule has 118 valence electrons. The van der Waals surface area contributed by atoms with E-state index in [-0.39, 0.29) is 5.97 Å². The number of benzene rings is 1. The van der Waals surface area contributed by atoms with Crippen LogP contribution in [-0.4, -0.2) is 32.1 Å². The predicted molar refractivity (Wildman–Crippen MR) is 86.1 cm³/mol. The van der Waals surface area contributed by atoms with Crippen molar-refractivity contribution < 1.29 is 9.53 Å². The number of hydrogen-bond acceptors (Lipinski definition) is 4. The first-order chi connectivity index (χ1) is 10.3. The van der Waals surface area contributed by atoms with E-state index in [1.165, 1.54) is 6.42 Å². The Morgan fingerprint density at radius 3 is 2.38 bits per heavy atom. The lowest BCUT2D eigenvalue weighted by molar-refractivity contribution is -0.145. The van der Waals surface area contributed by atoms with Crippen LogP contribution >= 0.6 is 0 Å². The Bertz CT molecular complexity index is 368. The van der Waals surface area contributed by atoms with Gasteiger partial charge in [-0.05, 0) is 51.0 Å². The summed E-state index contributed by atoms with van der Waals surface area (Å²) in [5.41, 5.74) is 1.03. The Morgan fingerprint density at radius 2 is 1.67 bits per heavy atom. The van der Waals surface area contributed by atoms with Gasteiger partial charge in [0.25, 0.3) is 0 Å². The van der Waals surface area contributed by atoms with Gasteiger partial charge in [0.05, 0.1) is 0 Å². The molecule has 0 atom stereocenters. The van der Waals surface area contributed by atoms with E-state index < -0.39 is 0 Å². The van der Waals surface area contributed by atoms with Gasteiger partial charge in [-0.2, -0.15) is 0 Å². The van der Waals surface area contributed by atoms with E-state index >= 15 is 0 Å². The van der Waals surface area contributed by atoms with Crippen LogP contribution in [0.4, 0.5) is 0 Å². The van der Waals surface area contributed by atoms with Crippen molar-refractivity contribution in [1.82, 2.24) is 10.6 Å². The molecule has 1 aromatic rings. The topological polar surface area (TPSA) is 50.4 Å². The molecular formula is C17H28N2O2. The molecule has 4 heteroatoms. The van der Waals surface area contributed by atoms with Crippen molar-refractivity contribution in [3.05, 3.63) is 35.9 Å². The van der Waals surface area contributed by atoms with Crippen LogP contribution < -0.4 is 10.6 Å². The second-order valence-electron chi connectivity index (χ2n) is 5.10. The van der Waals surface area contributed by atoms with Crippen LogP contribution in [0.25, 0.3) is 0 Å². The third kappa shape index (κ3) is 10.0.